The summed E-state index contributed by atoms with van der Waals surface area (Å²) in [5.41, 5.74) is 1.54. The highest BCUT2D eigenvalue weighted by Crippen LogP contribution is 2.10. The van der Waals surface area contributed by atoms with Crippen molar-refractivity contribution in [1.29, 1.82) is 0 Å². The van der Waals surface area contributed by atoms with Crippen molar-refractivity contribution in [3.05, 3.63) is 35.4 Å². The smallest absolute Gasteiger partial charge is 0.251 e. The second kappa shape index (κ2) is 8.39. The fraction of sp³-hybridized carbons (Fsp3) is 0.579. The van der Waals surface area contributed by atoms with E-state index in [0.717, 1.165) is 25.1 Å². The highest BCUT2D eigenvalue weighted by atomic mass is 32.2. The highest BCUT2D eigenvalue weighted by Gasteiger charge is 2.37. The van der Waals surface area contributed by atoms with Gasteiger partial charge in [-0.25, -0.2) is 8.42 Å². The molecule has 2 aliphatic rings. The summed E-state index contributed by atoms with van der Waals surface area (Å²) in [5.74, 6) is 0.460. The third-order valence-electron chi connectivity index (χ3n) is 5.58. The second-order valence-corrected chi connectivity index (χ2v) is 9.69. The first kappa shape index (κ1) is 19.8. The van der Waals surface area contributed by atoms with Crippen LogP contribution in [-0.2, 0) is 14.6 Å². The molecular formula is C19H28N3O4S+. The Balaban J connectivity index is 1.40. The number of benzene rings is 1. The van der Waals surface area contributed by atoms with Gasteiger partial charge in [0.1, 0.15) is 11.8 Å². The molecule has 0 saturated carbocycles. The molecule has 2 fully saturated rings. The molecule has 0 unspecified atom stereocenters. The minimum atomic E-state index is -2.86. The Morgan fingerprint density at radius 3 is 2.56 bits per heavy atom. The molecule has 7 nitrogen and oxygen atoms in total. The molecular weight excluding hydrogens is 366 g/mol. The minimum Gasteiger partial charge on any atom is -0.352 e. The molecule has 2 saturated heterocycles. The maximum absolute atomic E-state index is 12.4. The molecule has 2 amide bonds. The van der Waals surface area contributed by atoms with Crippen LogP contribution >= 0.6 is 0 Å². The average molecular weight is 395 g/mol. The summed E-state index contributed by atoms with van der Waals surface area (Å²) in [4.78, 5) is 27.7. The number of carbonyl (C=O) groups is 2. The van der Waals surface area contributed by atoms with Crippen molar-refractivity contribution in [2.24, 2.45) is 0 Å². The SMILES string of the molecule is Cc1ccccc1C(=O)NCCC(=O)N1CC[NH+]([C@H]2CCS(=O)(=O)C2)CC1. The highest BCUT2D eigenvalue weighted by molar-refractivity contribution is 7.91. The molecule has 1 aromatic carbocycles. The van der Waals surface area contributed by atoms with Gasteiger partial charge in [0.15, 0.2) is 9.84 Å². The Labute approximate surface area is 160 Å². The number of hydrogen-bond acceptors (Lipinski definition) is 4. The molecule has 0 aliphatic carbocycles. The number of carbonyl (C=O) groups excluding carboxylic acids is 2. The molecule has 0 aromatic heterocycles. The van der Waals surface area contributed by atoms with Gasteiger partial charge in [0.05, 0.1) is 31.9 Å². The van der Waals surface area contributed by atoms with E-state index in [1.54, 1.807) is 6.07 Å². The summed E-state index contributed by atoms with van der Waals surface area (Å²) >= 11 is 0. The summed E-state index contributed by atoms with van der Waals surface area (Å²) in [6.45, 7) is 5.09. The maximum atomic E-state index is 12.4. The van der Waals surface area contributed by atoms with E-state index in [0.29, 0.717) is 31.0 Å². The number of nitrogens with one attached hydrogen (secondary N) is 2. The zero-order valence-electron chi connectivity index (χ0n) is 15.7. The van der Waals surface area contributed by atoms with Gasteiger partial charge in [-0.15, -0.1) is 0 Å². The molecule has 2 heterocycles. The van der Waals surface area contributed by atoms with Crippen molar-refractivity contribution in [3.63, 3.8) is 0 Å². The zero-order valence-corrected chi connectivity index (χ0v) is 16.6. The van der Waals surface area contributed by atoms with Gasteiger partial charge in [-0.05, 0) is 18.6 Å². The zero-order chi connectivity index (χ0) is 19.4. The van der Waals surface area contributed by atoms with Crippen molar-refractivity contribution in [2.45, 2.75) is 25.8 Å². The van der Waals surface area contributed by atoms with Gasteiger partial charge in [0.25, 0.3) is 5.91 Å². The molecule has 27 heavy (non-hydrogen) atoms. The van der Waals surface area contributed by atoms with Crippen LogP contribution in [0, 0.1) is 6.92 Å². The first-order valence-corrected chi connectivity index (χ1v) is 11.3. The molecule has 0 radical (unpaired) electrons. The lowest BCUT2D eigenvalue weighted by molar-refractivity contribution is -0.925. The van der Waals surface area contributed by atoms with E-state index in [1.807, 2.05) is 30.0 Å². The summed E-state index contributed by atoms with van der Waals surface area (Å²) in [5, 5.41) is 2.81. The van der Waals surface area contributed by atoms with Crippen LogP contribution in [0.15, 0.2) is 24.3 Å². The number of nitrogens with zero attached hydrogens (tertiary/aromatic N) is 1. The molecule has 2 aliphatic heterocycles. The molecule has 1 aromatic rings. The summed E-state index contributed by atoms with van der Waals surface area (Å²) < 4.78 is 23.3. The van der Waals surface area contributed by atoms with Crippen LogP contribution in [0.25, 0.3) is 0 Å². The third kappa shape index (κ3) is 5.07. The van der Waals surface area contributed by atoms with Crippen LogP contribution in [0.2, 0.25) is 0 Å². The van der Waals surface area contributed by atoms with E-state index in [9.17, 15) is 18.0 Å². The van der Waals surface area contributed by atoms with Crippen LogP contribution in [0.5, 0.6) is 0 Å². The number of rotatable bonds is 5. The Bertz CT molecular complexity index is 801. The van der Waals surface area contributed by atoms with Crippen LogP contribution in [0.1, 0.15) is 28.8 Å². The quantitative estimate of drug-likeness (QED) is 0.673. The maximum Gasteiger partial charge on any atom is 0.251 e. The summed E-state index contributed by atoms with van der Waals surface area (Å²) in [7, 11) is -2.86. The van der Waals surface area contributed by atoms with E-state index >= 15 is 0 Å². The van der Waals surface area contributed by atoms with Crippen molar-refractivity contribution < 1.29 is 22.9 Å². The van der Waals surface area contributed by atoms with Gasteiger partial charge in [-0.3, -0.25) is 9.59 Å². The molecule has 0 bridgehead atoms. The molecule has 0 spiro atoms. The topological polar surface area (TPSA) is 88.0 Å². The first-order valence-electron chi connectivity index (χ1n) is 9.52. The lowest BCUT2D eigenvalue weighted by atomic mass is 10.1. The number of quaternary nitrogens is 1. The van der Waals surface area contributed by atoms with Crippen molar-refractivity contribution in [1.82, 2.24) is 10.2 Å². The van der Waals surface area contributed by atoms with E-state index in [4.69, 9.17) is 0 Å². The minimum absolute atomic E-state index is 0.0400. The van der Waals surface area contributed by atoms with Gasteiger partial charge in [0, 0.05) is 24.9 Å². The fourth-order valence-corrected chi connectivity index (χ4v) is 5.76. The van der Waals surface area contributed by atoms with Crippen LogP contribution in [-0.4, -0.2) is 75.4 Å². The monoisotopic (exact) mass is 394 g/mol. The molecule has 3 rings (SSSR count). The van der Waals surface area contributed by atoms with E-state index in [2.05, 4.69) is 5.32 Å². The number of sulfone groups is 1. The first-order chi connectivity index (χ1) is 12.9. The summed E-state index contributed by atoms with van der Waals surface area (Å²) in [6.07, 6.45) is 1.02. The van der Waals surface area contributed by atoms with Crippen LogP contribution < -0.4 is 10.2 Å². The largest absolute Gasteiger partial charge is 0.352 e. The summed E-state index contributed by atoms with van der Waals surface area (Å²) in [6, 6.07) is 7.55. The van der Waals surface area contributed by atoms with Gasteiger partial charge >= 0.3 is 0 Å². The van der Waals surface area contributed by atoms with Crippen molar-refractivity contribution in [3.8, 4) is 0 Å². The normalized spacial score (nSPS) is 22.6. The molecule has 1 atom stereocenters. The van der Waals surface area contributed by atoms with Gasteiger partial charge in [-0.2, -0.15) is 0 Å². The third-order valence-corrected chi connectivity index (χ3v) is 7.35. The predicted octanol–water partition coefficient (Wildman–Crippen LogP) is -0.971. The Morgan fingerprint density at radius 2 is 1.93 bits per heavy atom. The van der Waals surface area contributed by atoms with E-state index in [1.165, 1.54) is 4.90 Å². The fourth-order valence-electron chi connectivity index (χ4n) is 3.93. The lowest BCUT2D eigenvalue weighted by Crippen LogP contribution is -3.18. The Hall–Kier alpha value is -1.93. The van der Waals surface area contributed by atoms with Crippen LogP contribution in [0.4, 0.5) is 0 Å². The van der Waals surface area contributed by atoms with Gasteiger partial charge in [0.2, 0.25) is 5.91 Å². The predicted molar refractivity (Wildman–Crippen MR) is 102 cm³/mol. The Morgan fingerprint density at radius 1 is 1.22 bits per heavy atom. The van der Waals surface area contributed by atoms with E-state index < -0.39 is 9.84 Å². The second-order valence-electron chi connectivity index (χ2n) is 7.46. The van der Waals surface area contributed by atoms with Crippen molar-refractivity contribution >= 4 is 21.7 Å². The Kier molecular flexibility index (Phi) is 6.16. The molecule has 8 heteroatoms. The van der Waals surface area contributed by atoms with Gasteiger partial charge in [-0.1, -0.05) is 18.2 Å². The van der Waals surface area contributed by atoms with Gasteiger partial charge < -0.3 is 15.1 Å². The number of piperazine rings is 1. The average Bonchev–Trinajstić information content (AvgIpc) is 3.02. The lowest BCUT2D eigenvalue weighted by Gasteiger charge is -2.35. The molecule has 2 N–H and O–H groups in total. The molecule has 148 valence electrons. The van der Waals surface area contributed by atoms with E-state index in [-0.39, 0.29) is 30.0 Å². The number of hydrogen-bond donors (Lipinski definition) is 2. The number of aryl methyl sites for hydroxylation is 1. The number of amides is 2. The van der Waals surface area contributed by atoms with Crippen LogP contribution in [0.3, 0.4) is 0 Å². The standard InChI is InChI=1S/C19H27N3O4S/c1-15-4-2-3-5-17(15)19(24)20-8-6-18(23)22-11-9-21(10-12-22)16-7-13-27(25,26)14-16/h2-5,16H,6-14H2,1H3,(H,20,24)/p+1/t16-/m0/s1. The van der Waals surface area contributed by atoms with Crippen molar-refractivity contribution in [2.75, 3.05) is 44.2 Å².